The highest BCUT2D eigenvalue weighted by molar-refractivity contribution is 7.89. The lowest BCUT2D eigenvalue weighted by atomic mass is 10.0. The molecule has 3 aliphatic rings. The maximum Gasteiger partial charge on any atom is 0.405 e. The first-order valence-corrected chi connectivity index (χ1v) is 13.6. The Morgan fingerprint density at radius 3 is 2.24 bits per heavy atom. The van der Waals surface area contributed by atoms with Crippen molar-refractivity contribution >= 4 is 15.7 Å². The zero-order chi connectivity index (χ0) is 25.9. The fourth-order valence-electron chi connectivity index (χ4n) is 6.02. The fourth-order valence-corrected chi connectivity index (χ4v) is 8.18. The second kappa shape index (κ2) is 8.80. The van der Waals surface area contributed by atoms with Crippen LogP contribution in [0.2, 0.25) is 0 Å². The van der Waals surface area contributed by atoms with Crippen molar-refractivity contribution in [1.29, 1.82) is 0 Å². The van der Waals surface area contributed by atoms with Crippen molar-refractivity contribution in [3.05, 3.63) is 78.1 Å². The molecule has 7 nitrogen and oxygen atoms in total. The minimum atomic E-state index is -4.76. The molecule has 3 aromatic rings. The number of halogens is 4. The molecule has 0 spiro atoms. The van der Waals surface area contributed by atoms with E-state index in [0.717, 1.165) is 13.1 Å². The highest BCUT2D eigenvalue weighted by Crippen LogP contribution is 2.55. The Bertz CT molecular complexity index is 1370. The molecule has 1 aromatic heterocycles. The number of sulfonamides is 1. The van der Waals surface area contributed by atoms with E-state index in [4.69, 9.17) is 0 Å². The molecule has 1 saturated carbocycles. The van der Waals surface area contributed by atoms with Crippen molar-refractivity contribution in [2.45, 2.75) is 42.9 Å². The van der Waals surface area contributed by atoms with Crippen LogP contribution in [0.3, 0.4) is 0 Å². The third-order valence-electron chi connectivity index (χ3n) is 7.94. The van der Waals surface area contributed by atoms with Crippen LogP contribution in [-0.4, -0.2) is 52.8 Å². The van der Waals surface area contributed by atoms with Crippen molar-refractivity contribution in [3.8, 4) is 0 Å². The first kappa shape index (κ1) is 24.4. The maximum atomic E-state index is 15.2. The van der Waals surface area contributed by atoms with Gasteiger partial charge in [-0.2, -0.15) is 17.5 Å². The van der Waals surface area contributed by atoms with Crippen LogP contribution in [0.4, 0.5) is 23.2 Å². The van der Waals surface area contributed by atoms with E-state index in [0.29, 0.717) is 33.4 Å². The average molecular weight is 536 g/mol. The molecule has 2 saturated heterocycles. The van der Waals surface area contributed by atoms with E-state index in [1.54, 1.807) is 49.1 Å². The second-order valence-electron chi connectivity index (χ2n) is 10.0. The molecule has 3 fully saturated rings. The van der Waals surface area contributed by atoms with Crippen molar-refractivity contribution in [3.63, 3.8) is 0 Å². The molecule has 0 unspecified atom stereocenters. The third kappa shape index (κ3) is 4.29. The molecule has 0 radical (unpaired) electrons. The van der Waals surface area contributed by atoms with E-state index >= 15 is 4.39 Å². The number of anilines is 1. The van der Waals surface area contributed by atoms with Crippen LogP contribution in [0.5, 0.6) is 0 Å². The van der Waals surface area contributed by atoms with Crippen molar-refractivity contribution < 1.29 is 26.0 Å². The quantitative estimate of drug-likeness (QED) is 0.455. The largest absolute Gasteiger partial charge is 0.405 e. The van der Waals surface area contributed by atoms with E-state index in [-0.39, 0.29) is 18.4 Å². The summed E-state index contributed by atoms with van der Waals surface area (Å²) in [4.78, 5) is 2.05. The lowest BCUT2D eigenvalue weighted by molar-refractivity contribution is -0.176. The summed E-state index contributed by atoms with van der Waals surface area (Å²) in [6, 6.07) is 10.7. The van der Waals surface area contributed by atoms with Gasteiger partial charge in [0.15, 0.2) is 0 Å². The molecule has 0 amide bonds. The standard InChI is InChI=1S/C25H25F4N5O2S/c26-21-10-18(32-12-19-20(13-32)24(19)33-14-30-31-15-33)7-6-17(21)11-34-23(25(27,28)29)9-8-22(37(34,35)36)16-4-2-1-3-5-16/h1-7,10,14-15,19-20,22-24H,8-9,11-13H2/t19-,20+,22-,23-,24+/m1/s1. The maximum absolute atomic E-state index is 15.2. The molecular weight excluding hydrogens is 510 g/mol. The average Bonchev–Trinajstić information content (AvgIpc) is 3.23. The summed E-state index contributed by atoms with van der Waals surface area (Å²) in [5.74, 6) is 0.0887. The van der Waals surface area contributed by atoms with E-state index in [9.17, 15) is 21.6 Å². The van der Waals surface area contributed by atoms with Crippen LogP contribution >= 0.6 is 0 Å². The summed E-state index contributed by atoms with van der Waals surface area (Å²) in [5.41, 5.74) is 0.982. The molecule has 5 atom stereocenters. The fraction of sp³-hybridized carbons (Fsp3) is 0.440. The van der Waals surface area contributed by atoms with Gasteiger partial charge >= 0.3 is 6.18 Å². The van der Waals surface area contributed by atoms with Crippen LogP contribution in [0, 0.1) is 17.7 Å². The van der Waals surface area contributed by atoms with E-state index in [1.165, 1.54) is 12.1 Å². The number of aromatic nitrogens is 3. The first-order valence-electron chi connectivity index (χ1n) is 12.1. The Morgan fingerprint density at radius 2 is 1.62 bits per heavy atom. The van der Waals surface area contributed by atoms with Gasteiger partial charge in [-0.3, -0.25) is 0 Å². The first-order chi connectivity index (χ1) is 17.6. The molecule has 1 aliphatic carbocycles. The topological polar surface area (TPSA) is 71.3 Å². The Morgan fingerprint density at radius 1 is 0.946 bits per heavy atom. The second-order valence-corrected chi connectivity index (χ2v) is 12.1. The predicted octanol–water partition coefficient (Wildman–Crippen LogP) is 4.32. The summed E-state index contributed by atoms with van der Waals surface area (Å²) < 4.78 is 86.2. The van der Waals surface area contributed by atoms with Crippen LogP contribution < -0.4 is 4.90 Å². The van der Waals surface area contributed by atoms with Gasteiger partial charge in [-0.25, -0.2) is 12.8 Å². The Kier molecular flexibility index (Phi) is 5.79. The van der Waals surface area contributed by atoms with Gasteiger partial charge in [0.25, 0.3) is 0 Å². The lowest BCUT2D eigenvalue weighted by Crippen LogP contribution is -2.52. The van der Waals surface area contributed by atoms with Crippen LogP contribution in [0.1, 0.15) is 35.3 Å². The SMILES string of the molecule is O=S1(=O)[C@@H](c2ccccc2)CC[C@H](C(F)(F)F)N1Cc1ccc(N2C[C@@H]3[C@H](C2)[C@H]3n2cnnc2)cc1F. The zero-order valence-corrected chi connectivity index (χ0v) is 20.5. The van der Waals surface area contributed by atoms with Gasteiger partial charge in [-0.1, -0.05) is 36.4 Å². The summed E-state index contributed by atoms with van der Waals surface area (Å²) >= 11 is 0. The number of alkyl halides is 3. The van der Waals surface area contributed by atoms with Gasteiger partial charge in [-0.05, 0) is 30.5 Å². The number of fused-ring (bicyclic) bond motifs is 1. The summed E-state index contributed by atoms with van der Waals surface area (Å²) in [5, 5.41) is 6.58. The normalized spacial score (nSPS) is 29.3. The number of hydrogen-bond acceptors (Lipinski definition) is 5. The van der Waals surface area contributed by atoms with Crippen molar-refractivity contribution in [2.75, 3.05) is 18.0 Å². The van der Waals surface area contributed by atoms with Crippen LogP contribution in [-0.2, 0) is 16.6 Å². The Labute approximate surface area is 211 Å². The van der Waals surface area contributed by atoms with E-state index in [1.807, 2.05) is 9.47 Å². The number of benzene rings is 2. The van der Waals surface area contributed by atoms with E-state index in [2.05, 4.69) is 10.2 Å². The van der Waals surface area contributed by atoms with Gasteiger partial charge in [0, 0.05) is 48.8 Å². The summed E-state index contributed by atoms with van der Waals surface area (Å²) in [6.07, 6.45) is -1.92. The monoisotopic (exact) mass is 535 g/mol. The zero-order valence-electron chi connectivity index (χ0n) is 19.7. The summed E-state index contributed by atoms with van der Waals surface area (Å²) in [7, 11) is -4.40. The molecule has 12 heteroatoms. The minimum absolute atomic E-state index is 0.0815. The smallest absolute Gasteiger partial charge is 0.371 e. The van der Waals surface area contributed by atoms with Crippen LogP contribution in [0.25, 0.3) is 0 Å². The highest BCUT2D eigenvalue weighted by Gasteiger charge is 2.57. The molecular formula is C25H25F4N5O2S. The number of nitrogens with zero attached hydrogens (tertiary/aromatic N) is 5. The predicted molar refractivity (Wildman–Crippen MR) is 127 cm³/mol. The number of hydrogen-bond donors (Lipinski definition) is 0. The van der Waals surface area contributed by atoms with Crippen LogP contribution in [0.15, 0.2) is 61.2 Å². The minimum Gasteiger partial charge on any atom is -0.371 e. The highest BCUT2D eigenvalue weighted by atomic mass is 32.2. The third-order valence-corrected chi connectivity index (χ3v) is 10.2. The van der Waals surface area contributed by atoms with Gasteiger partial charge in [0.1, 0.15) is 29.8 Å². The van der Waals surface area contributed by atoms with Crippen molar-refractivity contribution in [2.24, 2.45) is 11.8 Å². The summed E-state index contributed by atoms with van der Waals surface area (Å²) in [6.45, 7) is 0.770. The molecule has 37 heavy (non-hydrogen) atoms. The lowest BCUT2D eigenvalue weighted by Gasteiger charge is -2.39. The molecule has 0 bridgehead atoms. The van der Waals surface area contributed by atoms with Gasteiger partial charge in [0.2, 0.25) is 10.0 Å². The molecule has 196 valence electrons. The molecule has 6 rings (SSSR count). The molecule has 3 heterocycles. The molecule has 2 aromatic carbocycles. The Balaban J connectivity index is 1.22. The van der Waals surface area contributed by atoms with E-state index < -0.39 is 39.9 Å². The van der Waals surface area contributed by atoms with Gasteiger partial charge < -0.3 is 9.47 Å². The Hall–Kier alpha value is -2.99. The molecule has 2 aliphatic heterocycles. The number of rotatable bonds is 5. The van der Waals surface area contributed by atoms with Gasteiger partial charge in [-0.15, -0.1) is 10.2 Å². The number of piperidine rings is 1. The molecule has 0 N–H and O–H groups in total. The van der Waals surface area contributed by atoms with Gasteiger partial charge in [0.05, 0.1) is 0 Å². The van der Waals surface area contributed by atoms with Crippen molar-refractivity contribution in [1.82, 2.24) is 19.1 Å².